The number of rotatable bonds is 9. The van der Waals surface area contributed by atoms with Crippen LogP contribution in [-0.4, -0.2) is 35.4 Å². The molecule has 1 atom stereocenters. The van der Waals surface area contributed by atoms with E-state index in [1.165, 1.54) is 0 Å². The molecular formula is C26H32Cl2N2O3. The van der Waals surface area contributed by atoms with Crippen LogP contribution in [0.25, 0.3) is 0 Å². The number of para-hydroxylation sites is 1. The molecule has 0 bridgehead atoms. The summed E-state index contributed by atoms with van der Waals surface area (Å²) in [5.74, 6) is 0.518. The topological polar surface area (TPSA) is 58.6 Å². The molecule has 5 nitrogen and oxygen atoms in total. The zero-order valence-corrected chi connectivity index (χ0v) is 21.0. The van der Waals surface area contributed by atoms with Crippen LogP contribution in [0.3, 0.4) is 0 Å². The number of nitrogens with zero attached hydrogens (tertiary/aromatic N) is 1. The minimum atomic E-state index is -0.656. The molecule has 1 aliphatic carbocycles. The molecule has 0 heterocycles. The first-order valence-electron chi connectivity index (χ1n) is 11.5. The van der Waals surface area contributed by atoms with Crippen molar-refractivity contribution in [1.29, 1.82) is 0 Å². The van der Waals surface area contributed by atoms with Crippen LogP contribution in [0.5, 0.6) is 5.75 Å². The SMILES string of the molecule is CC(C)c1ccccc1OCC(=O)N(Cc1ccc(Cl)c(Cl)c1)C(C)C(=O)NC1CCCC1. The minimum Gasteiger partial charge on any atom is -0.483 e. The van der Waals surface area contributed by atoms with Gasteiger partial charge in [-0.15, -0.1) is 0 Å². The fraction of sp³-hybridized carbons (Fsp3) is 0.462. The van der Waals surface area contributed by atoms with Crippen molar-refractivity contribution in [3.63, 3.8) is 0 Å². The van der Waals surface area contributed by atoms with E-state index < -0.39 is 6.04 Å². The third-order valence-corrected chi connectivity index (χ3v) is 6.84. The number of amides is 2. The molecule has 33 heavy (non-hydrogen) atoms. The highest BCUT2D eigenvalue weighted by Crippen LogP contribution is 2.27. The van der Waals surface area contributed by atoms with Crippen molar-refractivity contribution >= 4 is 35.0 Å². The number of carbonyl (C=O) groups is 2. The molecule has 7 heteroatoms. The van der Waals surface area contributed by atoms with E-state index in [9.17, 15) is 9.59 Å². The predicted molar refractivity (Wildman–Crippen MR) is 133 cm³/mol. The van der Waals surface area contributed by atoms with Gasteiger partial charge in [-0.3, -0.25) is 9.59 Å². The molecule has 1 unspecified atom stereocenters. The van der Waals surface area contributed by atoms with Crippen LogP contribution in [0.15, 0.2) is 42.5 Å². The molecule has 1 saturated carbocycles. The second kappa shape index (κ2) is 11.8. The van der Waals surface area contributed by atoms with Gasteiger partial charge in [0, 0.05) is 12.6 Å². The molecule has 1 N–H and O–H groups in total. The van der Waals surface area contributed by atoms with Gasteiger partial charge in [0.05, 0.1) is 10.0 Å². The summed E-state index contributed by atoms with van der Waals surface area (Å²) in [6, 6.07) is 12.4. The third-order valence-electron chi connectivity index (χ3n) is 6.10. The minimum absolute atomic E-state index is 0.155. The van der Waals surface area contributed by atoms with E-state index in [-0.39, 0.29) is 36.9 Å². The summed E-state index contributed by atoms with van der Waals surface area (Å²) in [7, 11) is 0. The monoisotopic (exact) mass is 490 g/mol. The molecule has 0 aliphatic heterocycles. The van der Waals surface area contributed by atoms with Crippen molar-refractivity contribution in [3.8, 4) is 5.75 Å². The number of carbonyl (C=O) groups excluding carboxylic acids is 2. The summed E-state index contributed by atoms with van der Waals surface area (Å²) in [5, 5.41) is 3.95. The molecule has 0 spiro atoms. The highest BCUT2D eigenvalue weighted by molar-refractivity contribution is 6.42. The van der Waals surface area contributed by atoms with Gasteiger partial charge >= 0.3 is 0 Å². The molecule has 3 rings (SSSR count). The van der Waals surface area contributed by atoms with Crippen molar-refractivity contribution in [2.45, 2.75) is 71.0 Å². The Morgan fingerprint density at radius 3 is 2.42 bits per heavy atom. The highest BCUT2D eigenvalue weighted by Gasteiger charge is 2.29. The molecular weight excluding hydrogens is 459 g/mol. The first-order chi connectivity index (χ1) is 15.8. The van der Waals surface area contributed by atoms with Crippen molar-refractivity contribution < 1.29 is 14.3 Å². The lowest BCUT2D eigenvalue weighted by Gasteiger charge is -2.30. The number of nitrogens with one attached hydrogen (secondary N) is 1. The van der Waals surface area contributed by atoms with Crippen molar-refractivity contribution in [3.05, 3.63) is 63.6 Å². The number of ether oxygens (including phenoxy) is 1. The Morgan fingerprint density at radius 2 is 1.76 bits per heavy atom. The summed E-state index contributed by atoms with van der Waals surface area (Å²) in [5.41, 5.74) is 1.83. The molecule has 0 saturated heterocycles. The zero-order valence-electron chi connectivity index (χ0n) is 19.4. The van der Waals surface area contributed by atoms with Crippen LogP contribution in [0.2, 0.25) is 10.0 Å². The van der Waals surface area contributed by atoms with Gasteiger partial charge in [-0.25, -0.2) is 0 Å². The third kappa shape index (κ3) is 6.87. The summed E-state index contributed by atoms with van der Waals surface area (Å²) >= 11 is 12.2. The van der Waals surface area contributed by atoms with E-state index in [1.807, 2.05) is 30.3 Å². The molecule has 0 aromatic heterocycles. The number of benzene rings is 2. The maximum Gasteiger partial charge on any atom is 0.261 e. The van der Waals surface area contributed by atoms with E-state index in [4.69, 9.17) is 27.9 Å². The van der Waals surface area contributed by atoms with Crippen LogP contribution in [-0.2, 0) is 16.1 Å². The average molecular weight is 491 g/mol. The smallest absolute Gasteiger partial charge is 0.261 e. The summed E-state index contributed by atoms with van der Waals surface area (Å²) in [6.45, 7) is 5.98. The summed E-state index contributed by atoms with van der Waals surface area (Å²) < 4.78 is 5.92. The fourth-order valence-electron chi connectivity index (χ4n) is 4.12. The van der Waals surface area contributed by atoms with Gasteiger partial charge in [0.25, 0.3) is 5.91 Å². The maximum atomic E-state index is 13.3. The van der Waals surface area contributed by atoms with Crippen LogP contribution in [0.1, 0.15) is 63.5 Å². The lowest BCUT2D eigenvalue weighted by atomic mass is 10.0. The van der Waals surface area contributed by atoms with E-state index in [1.54, 1.807) is 24.0 Å². The van der Waals surface area contributed by atoms with Crippen LogP contribution >= 0.6 is 23.2 Å². The van der Waals surface area contributed by atoms with Gasteiger partial charge in [0.1, 0.15) is 11.8 Å². The lowest BCUT2D eigenvalue weighted by molar-refractivity contribution is -0.142. The van der Waals surface area contributed by atoms with E-state index in [0.717, 1.165) is 36.8 Å². The predicted octanol–water partition coefficient (Wildman–Crippen LogP) is 5.97. The van der Waals surface area contributed by atoms with Gasteiger partial charge in [-0.05, 0) is 55.0 Å². The number of hydrogen-bond acceptors (Lipinski definition) is 3. The van der Waals surface area contributed by atoms with Gasteiger partial charge < -0.3 is 15.0 Å². The molecule has 1 fully saturated rings. The first-order valence-corrected chi connectivity index (χ1v) is 12.3. The fourth-order valence-corrected chi connectivity index (χ4v) is 4.44. The molecule has 2 aromatic rings. The lowest BCUT2D eigenvalue weighted by Crippen LogP contribution is -2.50. The normalized spacial score (nSPS) is 14.8. The van der Waals surface area contributed by atoms with Crippen molar-refractivity contribution in [2.24, 2.45) is 0 Å². The van der Waals surface area contributed by atoms with Gasteiger partial charge in [0.2, 0.25) is 5.91 Å². The summed E-state index contributed by atoms with van der Waals surface area (Å²) in [6.07, 6.45) is 4.20. The standard InChI is InChI=1S/C26H32Cl2N2O3/c1-17(2)21-10-6-7-11-24(21)33-16-25(31)30(15-19-12-13-22(27)23(28)14-19)18(3)26(32)29-20-8-4-5-9-20/h6-7,10-14,17-18,20H,4-5,8-9,15-16H2,1-3H3,(H,29,32). The highest BCUT2D eigenvalue weighted by atomic mass is 35.5. The Kier molecular flexibility index (Phi) is 9.04. The second-order valence-electron chi connectivity index (χ2n) is 8.92. The molecule has 2 aromatic carbocycles. The molecule has 1 aliphatic rings. The Balaban J connectivity index is 1.76. The van der Waals surface area contributed by atoms with Gasteiger partial charge in [-0.2, -0.15) is 0 Å². The first kappa shape index (κ1) is 25.4. The van der Waals surface area contributed by atoms with Gasteiger partial charge in [0.15, 0.2) is 6.61 Å². The molecule has 178 valence electrons. The maximum absolute atomic E-state index is 13.3. The van der Waals surface area contributed by atoms with E-state index in [2.05, 4.69) is 19.2 Å². The number of hydrogen-bond donors (Lipinski definition) is 1. The molecule has 0 radical (unpaired) electrons. The molecule has 2 amide bonds. The Hall–Kier alpha value is -2.24. The Morgan fingerprint density at radius 1 is 1.06 bits per heavy atom. The van der Waals surface area contributed by atoms with Crippen molar-refractivity contribution in [2.75, 3.05) is 6.61 Å². The second-order valence-corrected chi connectivity index (χ2v) is 9.73. The van der Waals surface area contributed by atoms with Crippen LogP contribution in [0, 0.1) is 0 Å². The summed E-state index contributed by atoms with van der Waals surface area (Å²) in [4.78, 5) is 27.8. The quantitative estimate of drug-likeness (QED) is 0.470. The Bertz CT molecular complexity index is 974. The Labute approximate surface area is 206 Å². The van der Waals surface area contributed by atoms with E-state index >= 15 is 0 Å². The number of halogens is 2. The van der Waals surface area contributed by atoms with E-state index in [0.29, 0.717) is 15.8 Å². The van der Waals surface area contributed by atoms with Crippen molar-refractivity contribution in [1.82, 2.24) is 10.2 Å². The van der Waals surface area contributed by atoms with Gasteiger partial charge in [-0.1, -0.05) is 74.2 Å². The average Bonchev–Trinajstić information content (AvgIpc) is 3.30. The largest absolute Gasteiger partial charge is 0.483 e. The van der Waals surface area contributed by atoms with Crippen LogP contribution in [0.4, 0.5) is 0 Å². The van der Waals surface area contributed by atoms with Crippen LogP contribution < -0.4 is 10.1 Å². The zero-order chi connectivity index (χ0) is 24.0.